The second-order valence-corrected chi connectivity index (χ2v) is 5.46. The number of carbonyl (C=O) groups is 2. The summed E-state index contributed by atoms with van der Waals surface area (Å²) in [6.07, 6.45) is -0.717. The summed E-state index contributed by atoms with van der Waals surface area (Å²) in [6, 6.07) is 0. The first-order valence-electron chi connectivity index (χ1n) is 5.76. The SMILES string of the molecule is CC(=O)O[C@H]1C(=O)C[C@@H]2OC(C)(C)OC[C@@]21C. The summed E-state index contributed by atoms with van der Waals surface area (Å²) in [6.45, 7) is 7.16. The van der Waals surface area contributed by atoms with E-state index in [0.29, 0.717) is 6.61 Å². The number of carbonyl (C=O) groups excluding carboxylic acids is 2. The Labute approximate surface area is 100 Å². The summed E-state index contributed by atoms with van der Waals surface area (Å²) in [5, 5.41) is 0. The number of ether oxygens (including phenoxy) is 3. The Morgan fingerprint density at radius 2 is 2.06 bits per heavy atom. The Kier molecular flexibility index (Phi) is 2.78. The Morgan fingerprint density at radius 3 is 2.65 bits per heavy atom. The Hall–Kier alpha value is -0.940. The van der Waals surface area contributed by atoms with Crippen molar-refractivity contribution in [1.82, 2.24) is 0 Å². The van der Waals surface area contributed by atoms with Crippen molar-refractivity contribution in [2.45, 2.75) is 52.1 Å². The lowest BCUT2D eigenvalue weighted by atomic mass is 9.84. The first-order valence-corrected chi connectivity index (χ1v) is 5.76. The van der Waals surface area contributed by atoms with Gasteiger partial charge in [-0.25, -0.2) is 0 Å². The summed E-state index contributed by atoms with van der Waals surface area (Å²) >= 11 is 0. The molecule has 1 saturated carbocycles. The average molecular weight is 242 g/mol. The molecule has 1 aliphatic carbocycles. The van der Waals surface area contributed by atoms with Gasteiger partial charge >= 0.3 is 5.97 Å². The van der Waals surface area contributed by atoms with Crippen molar-refractivity contribution in [2.24, 2.45) is 5.41 Å². The second-order valence-electron chi connectivity index (χ2n) is 5.46. The lowest BCUT2D eigenvalue weighted by molar-refractivity contribution is -0.316. The molecule has 0 bridgehead atoms. The Balaban J connectivity index is 2.22. The van der Waals surface area contributed by atoms with Crippen LogP contribution < -0.4 is 0 Å². The highest BCUT2D eigenvalue weighted by Gasteiger charge is 2.59. The standard InChI is InChI=1S/C12H18O5/c1-7(13)16-10-8(14)5-9-12(10,4)6-15-11(2,3)17-9/h9-10H,5-6H2,1-4H3/t9-,10-,12-/m0/s1. The van der Waals surface area contributed by atoms with Crippen molar-refractivity contribution >= 4 is 11.8 Å². The molecule has 0 aromatic rings. The summed E-state index contributed by atoms with van der Waals surface area (Å²) < 4.78 is 16.4. The predicted molar refractivity (Wildman–Crippen MR) is 58.2 cm³/mol. The third kappa shape index (κ3) is 2.09. The topological polar surface area (TPSA) is 61.8 Å². The van der Waals surface area contributed by atoms with E-state index in [2.05, 4.69) is 0 Å². The third-order valence-electron chi connectivity index (χ3n) is 3.45. The highest BCUT2D eigenvalue weighted by Crippen LogP contribution is 2.46. The molecule has 2 fully saturated rings. The molecule has 0 aromatic heterocycles. The van der Waals surface area contributed by atoms with E-state index in [-0.39, 0.29) is 18.3 Å². The van der Waals surface area contributed by atoms with Gasteiger partial charge in [0.1, 0.15) is 0 Å². The zero-order valence-electron chi connectivity index (χ0n) is 10.6. The normalized spacial score (nSPS) is 39.9. The maximum atomic E-state index is 11.9. The number of hydrogen-bond acceptors (Lipinski definition) is 5. The predicted octanol–water partition coefficient (Wildman–Crippen LogP) is 1.05. The van der Waals surface area contributed by atoms with Crippen LogP contribution in [-0.4, -0.2) is 36.4 Å². The van der Waals surface area contributed by atoms with Crippen LogP contribution in [0.15, 0.2) is 0 Å². The molecule has 5 nitrogen and oxygen atoms in total. The zero-order chi connectivity index (χ0) is 12.8. The molecule has 1 aliphatic heterocycles. The maximum absolute atomic E-state index is 11.9. The molecular weight excluding hydrogens is 224 g/mol. The summed E-state index contributed by atoms with van der Waals surface area (Å²) in [5.41, 5.74) is -0.571. The molecule has 0 N–H and O–H groups in total. The maximum Gasteiger partial charge on any atom is 0.303 e. The smallest absolute Gasteiger partial charge is 0.303 e. The largest absolute Gasteiger partial charge is 0.454 e. The molecule has 1 saturated heterocycles. The fourth-order valence-electron chi connectivity index (χ4n) is 2.48. The van der Waals surface area contributed by atoms with Gasteiger partial charge < -0.3 is 14.2 Å². The number of ketones is 1. The van der Waals surface area contributed by atoms with Gasteiger partial charge in [-0.15, -0.1) is 0 Å². The minimum Gasteiger partial charge on any atom is -0.454 e. The van der Waals surface area contributed by atoms with Crippen LogP contribution in [0.3, 0.4) is 0 Å². The number of esters is 1. The van der Waals surface area contributed by atoms with Gasteiger partial charge in [0, 0.05) is 13.3 Å². The zero-order valence-corrected chi connectivity index (χ0v) is 10.6. The van der Waals surface area contributed by atoms with Gasteiger partial charge in [-0.1, -0.05) is 6.92 Å². The van der Waals surface area contributed by atoms with E-state index in [4.69, 9.17) is 14.2 Å². The van der Waals surface area contributed by atoms with Gasteiger partial charge in [0.2, 0.25) is 0 Å². The van der Waals surface area contributed by atoms with Crippen LogP contribution in [0.5, 0.6) is 0 Å². The van der Waals surface area contributed by atoms with Gasteiger partial charge in [0.05, 0.1) is 18.1 Å². The van der Waals surface area contributed by atoms with E-state index in [1.54, 1.807) is 0 Å². The van der Waals surface area contributed by atoms with Crippen molar-refractivity contribution in [3.05, 3.63) is 0 Å². The molecule has 2 aliphatic rings. The number of fused-ring (bicyclic) bond motifs is 1. The van der Waals surface area contributed by atoms with E-state index >= 15 is 0 Å². The van der Waals surface area contributed by atoms with Crippen LogP contribution >= 0.6 is 0 Å². The molecule has 1 heterocycles. The van der Waals surface area contributed by atoms with Crippen molar-refractivity contribution in [1.29, 1.82) is 0 Å². The molecule has 3 atom stereocenters. The number of rotatable bonds is 1. The van der Waals surface area contributed by atoms with E-state index in [1.165, 1.54) is 6.92 Å². The number of hydrogen-bond donors (Lipinski definition) is 0. The Morgan fingerprint density at radius 1 is 1.41 bits per heavy atom. The highest BCUT2D eigenvalue weighted by molar-refractivity contribution is 5.89. The van der Waals surface area contributed by atoms with Crippen molar-refractivity contribution < 1.29 is 23.8 Å². The van der Waals surface area contributed by atoms with Crippen LogP contribution in [0.4, 0.5) is 0 Å². The molecule has 0 radical (unpaired) electrons. The van der Waals surface area contributed by atoms with E-state index in [9.17, 15) is 9.59 Å². The number of Topliss-reactive ketones (excluding diaryl/α,β-unsaturated/α-hetero) is 1. The first-order chi connectivity index (χ1) is 7.74. The summed E-state index contributed by atoms with van der Waals surface area (Å²) in [4.78, 5) is 22.9. The van der Waals surface area contributed by atoms with Crippen LogP contribution in [-0.2, 0) is 23.8 Å². The quantitative estimate of drug-likeness (QED) is 0.643. The lowest BCUT2D eigenvalue weighted by Gasteiger charge is -2.45. The molecule has 17 heavy (non-hydrogen) atoms. The fourth-order valence-corrected chi connectivity index (χ4v) is 2.48. The monoisotopic (exact) mass is 242 g/mol. The van der Waals surface area contributed by atoms with E-state index in [1.807, 2.05) is 20.8 Å². The first kappa shape index (κ1) is 12.5. The van der Waals surface area contributed by atoms with Crippen molar-refractivity contribution in [3.63, 3.8) is 0 Å². The minimum absolute atomic E-state index is 0.0889. The third-order valence-corrected chi connectivity index (χ3v) is 3.45. The molecule has 0 unspecified atom stereocenters. The van der Waals surface area contributed by atoms with Crippen molar-refractivity contribution in [2.75, 3.05) is 6.61 Å². The fraction of sp³-hybridized carbons (Fsp3) is 0.833. The summed E-state index contributed by atoms with van der Waals surface area (Å²) in [5.74, 6) is -1.22. The molecule has 96 valence electrons. The van der Waals surface area contributed by atoms with Crippen LogP contribution in [0.25, 0.3) is 0 Å². The minimum atomic E-state index is -0.749. The van der Waals surface area contributed by atoms with Gasteiger partial charge in [-0.3, -0.25) is 9.59 Å². The van der Waals surface area contributed by atoms with Gasteiger partial charge in [-0.2, -0.15) is 0 Å². The van der Waals surface area contributed by atoms with E-state index in [0.717, 1.165) is 0 Å². The molecular formula is C12H18O5. The molecule has 5 heteroatoms. The van der Waals surface area contributed by atoms with Crippen LogP contribution in [0, 0.1) is 5.41 Å². The molecule has 0 spiro atoms. The Bertz CT molecular complexity index is 362. The highest BCUT2D eigenvalue weighted by atomic mass is 16.7. The molecule has 2 rings (SSSR count). The van der Waals surface area contributed by atoms with Gasteiger partial charge in [0.15, 0.2) is 17.7 Å². The second kappa shape index (κ2) is 3.78. The molecule has 0 aromatic carbocycles. The van der Waals surface area contributed by atoms with Crippen molar-refractivity contribution in [3.8, 4) is 0 Å². The van der Waals surface area contributed by atoms with Gasteiger partial charge in [0.25, 0.3) is 0 Å². The van der Waals surface area contributed by atoms with E-state index < -0.39 is 23.3 Å². The lowest BCUT2D eigenvalue weighted by Crippen LogP contribution is -2.53. The van der Waals surface area contributed by atoms with Crippen LogP contribution in [0.1, 0.15) is 34.1 Å². The van der Waals surface area contributed by atoms with Gasteiger partial charge in [-0.05, 0) is 13.8 Å². The summed E-state index contributed by atoms with van der Waals surface area (Å²) in [7, 11) is 0. The molecule has 0 amide bonds. The average Bonchev–Trinajstić information content (AvgIpc) is 2.40. The van der Waals surface area contributed by atoms with Crippen LogP contribution in [0.2, 0.25) is 0 Å².